The van der Waals surface area contributed by atoms with E-state index in [9.17, 15) is 4.39 Å². The van der Waals surface area contributed by atoms with E-state index in [4.69, 9.17) is 5.11 Å². The smallest absolute Gasteiger partial charge is 0.138 e. The van der Waals surface area contributed by atoms with Gasteiger partial charge in [0.2, 0.25) is 0 Å². The summed E-state index contributed by atoms with van der Waals surface area (Å²) < 4.78 is 12.4. The van der Waals surface area contributed by atoms with Crippen LogP contribution < -0.4 is 0 Å². The first-order chi connectivity index (χ1) is 5.33. The summed E-state index contributed by atoms with van der Waals surface area (Å²) >= 11 is 0. The Morgan fingerprint density at radius 3 is 2.55 bits per heavy atom. The molecule has 0 radical (unpaired) electrons. The van der Waals surface area contributed by atoms with Crippen LogP contribution in [0.1, 0.15) is 5.56 Å². The first-order valence-corrected chi connectivity index (χ1v) is 3.35. The maximum Gasteiger partial charge on any atom is 0.138 e. The predicted octanol–water partition coefficient (Wildman–Crippen LogP) is 2.60. The molecule has 0 atom stereocenters. The van der Waals surface area contributed by atoms with Crippen molar-refractivity contribution in [2.75, 3.05) is 0 Å². The van der Waals surface area contributed by atoms with Crippen LogP contribution in [0, 0.1) is 0 Å². The molecule has 0 fully saturated rings. The van der Waals surface area contributed by atoms with E-state index in [1.807, 2.05) is 30.3 Å². The Labute approximate surface area is 64.8 Å². The molecule has 0 heterocycles. The molecule has 0 aliphatic heterocycles. The van der Waals surface area contributed by atoms with Crippen LogP contribution in [0.3, 0.4) is 0 Å². The zero-order valence-electron chi connectivity index (χ0n) is 6.00. The molecule has 0 saturated heterocycles. The van der Waals surface area contributed by atoms with Crippen molar-refractivity contribution < 1.29 is 9.50 Å². The lowest BCUT2D eigenvalue weighted by Crippen LogP contribution is -1.83. The van der Waals surface area contributed by atoms with Gasteiger partial charge in [0.05, 0.1) is 0 Å². The van der Waals surface area contributed by atoms with E-state index in [1.165, 1.54) is 0 Å². The summed E-state index contributed by atoms with van der Waals surface area (Å²) in [6.45, 7) is 0. The lowest BCUT2D eigenvalue weighted by molar-refractivity contribution is 0.435. The number of halogens is 1. The van der Waals surface area contributed by atoms with Gasteiger partial charge in [0.15, 0.2) is 0 Å². The molecule has 0 aromatic heterocycles. The summed E-state index contributed by atoms with van der Waals surface area (Å²) in [5, 5.41) is 8.26. The predicted molar refractivity (Wildman–Crippen MR) is 42.0 cm³/mol. The van der Waals surface area contributed by atoms with Gasteiger partial charge in [-0.05, 0) is 5.56 Å². The van der Waals surface area contributed by atoms with Gasteiger partial charge in [-0.15, -0.1) is 0 Å². The zero-order valence-corrected chi connectivity index (χ0v) is 6.00. The van der Waals surface area contributed by atoms with Gasteiger partial charge in [-0.25, -0.2) is 4.39 Å². The SMILES string of the molecule is O/C=C(\F)Cc1ccccc1. The average molecular weight is 152 g/mol. The zero-order chi connectivity index (χ0) is 8.10. The van der Waals surface area contributed by atoms with E-state index in [0.717, 1.165) is 5.56 Å². The van der Waals surface area contributed by atoms with E-state index in [-0.39, 0.29) is 6.42 Å². The largest absolute Gasteiger partial charge is 0.513 e. The molecule has 0 aliphatic rings. The van der Waals surface area contributed by atoms with Crippen molar-refractivity contribution >= 4 is 0 Å². The molecule has 0 bridgehead atoms. The Balaban J connectivity index is 2.65. The van der Waals surface area contributed by atoms with Crippen LogP contribution in [0.25, 0.3) is 0 Å². The third-order valence-corrected chi connectivity index (χ3v) is 1.36. The van der Waals surface area contributed by atoms with Gasteiger partial charge < -0.3 is 5.11 Å². The second-order valence-electron chi connectivity index (χ2n) is 2.24. The van der Waals surface area contributed by atoms with Crippen molar-refractivity contribution in [1.29, 1.82) is 0 Å². The topological polar surface area (TPSA) is 20.2 Å². The maximum absolute atomic E-state index is 12.4. The Kier molecular flexibility index (Phi) is 2.66. The first-order valence-electron chi connectivity index (χ1n) is 3.35. The molecular formula is C9H9FO. The Morgan fingerprint density at radius 2 is 2.00 bits per heavy atom. The van der Waals surface area contributed by atoms with E-state index in [1.54, 1.807) is 0 Å². The van der Waals surface area contributed by atoms with Crippen LogP contribution in [0.5, 0.6) is 0 Å². The highest BCUT2D eigenvalue weighted by Gasteiger charge is 1.95. The summed E-state index contributed by atoms with van der Waals surface area (Å²) in [5.74, 6) is -0.517. The van der Waals surface area contributed by atoms with Crippen molar-refractivity contribution in [3.05, 3.63) is 48.0 Å². The van der Waals surface area contributed by atoms with E-state index in [2.05, 4.69) is 0 Å². The van der Waals surface area contributed by atoms with Crippen molar-refractivity contribution in [1.82, 2.24) is 0 Å². The number of benzene rings is 1. The van der Waals surface area contributed by atoms with Crippen molar-refractivity contribution in [2.45, 2.75) is 6.42 Å². The normalized spacial score (nSPS) is 11.5. The maximum atomic E-state index is 12.4. The standard InChI is InChI=1S/C9H9FO/c10-9(7-11)6-8-4-2-1-3-5-8/h1-5,7,11H,6H2/b9-7-. The van der Waals surface area contributed by atoms with Crippen LogP contribution in [-0.2, 0) is 6.42 Å². The van der Waals surface area contributed by atoms with Gasteiger partial charge in [-0.3, -0.25) is 0 Å². The average Bonchev–Trinajstić information content (AvgIpc) is 2.06. The minimum Gasteiger partial charge on any atom is -0.513 e. The lowest BCUT2D eigenvalue weighted by Gasteiger charge is -1.95. The third-order valence-electron chi connectivity index (χ3n) is 1.36. The molecule has 1 aromatic rings. The summed E-state index contributed by atoms with van der Waals surface area (Å²) in [4.78, 5) is 0. The summed E-state index contributed by atoms with van der Waals surface area (Å²) in [5.41, 5.74) is 0.857. The highest BCUT2D eigenvalue weighted by molar-refractivity contribution is 5.18. The fraction of sp³-hybridized carbons (Fsp3) is 0.111. The molecule has 11 heavy (non-hydrogen) atoms. The molecular weight excluding hydrogens is 143 g/mol. The van der Waals surface area contributed by atoms with Gasteiger partial charge >= 0.3 is 0 Å². The molecule has 0 saturated carbocycles. The molecule has 1 nitrogen and oxygen atoms in total. The molecule has 0 aliphatic carbocycles. The minimum absolute atomic E-state index is 0.164. The summed E-state index contributed by atoms with van der Waals surface area (Å²) in [6, 6.07) is 9.15. The Morgan fingerprint density at radius 1 is 1.36 bits per heavy atom. The number of aliphatic hydroxyl groups excluding tert-OH is 1. The van der Waals surface area contributed by atoms with Crippen molar-refractivity contribution in [3.8, 4) is 0 Å². The van der Waals surface area contributed by atoms with Gasteiger partial charge in [-0.2, -0.15) is 0 Å². The molecule has 58 valence electrons. The number of hydrogen-bond donors (Lipinski definition) is 1. The lowest BCUT2D eigenvalue weighted by atomic mass is 10.1. The van der Waals surface area contributed by atoms with E-state index in [0.29, 0.717) is 6.26 Å². The molecule has 1 N–H and O–H groups in total. The van der Waals surface area contributed by atoms with Gasteiger partial charge in [0.25, 0.3) is 0 Å². The monoisotopic (exact) mass is 152 g/mol. The van der Waals surface area contributed by atoms with E-state index < -0.39 is 5.83 Å². The van der Waals surface area contributed by atoms with Crippen LogP contribution in [0.4, 0.5) is 4.39 Å². The molecule has 2 heteroatoms. The Bertz CT molecular complexity index is 241. The van der Waals surface area contributed by atoms with Gasteiger partial charge in [0, 0.05) is 6.42 Å². The van der Waals surface area contributed by atoms with Crippen molar-refractivity contribution in [2.24, 2.45) is 0 Å². The summed E-state index contributed by atoms with van der Waals surface area (Å²) in [6.07, 6.45) is 0.657. The number of aliphatic hydroxyl groups is 1. The second kappa shape index (κ2) is 3.76. The molecule has 0 spiro atoms. The fourth-order valence-corrected chi connectivity index (χ4v) is 0.837. The minimum atomic E-state index is -0.517. The van der Waals surface area contributed by atoms with Crippen LogP contribution in [-0.4, -0.2) is 5.11 Å². The number of hydrogen-bond acceptors (Lipinski definition) is 1. The molecule has 0 unspecified atom stereocenters. The van der Waals surface area contributed by atoms with Gasteiger partial charge in [0.1, 0.15) is 12.1 Å². The number of rotatable bonds is 2. The van der Waals surface area contributed by atoms with Crippen LogP contribution in [0.2, 0.25) is 0 Å². The quantitative estimate of drug-likeness (QED) is 0.646. The van der Waals surface area contributed by atoms with Crippen LogP contribution >= 0.6 is 0 Å². The Hall–Kier alpha value is -1.31. The van der Waals surface area contributed by atoms with Crippen LogP contribution in [0.15, 0.2) is 42.4 Å². The highest BCUT2D eigenvalue weighted by atomic mass is 19.1. The highest BCUT2D eigenvalue weighted by Crippen LogP contribution is 2.07. The van der Waals surface area contributed by atoms with Gasteiger partial charge in [-0.1, -0.05) is 30.3 Å². The molecule has 1 rings (SSSR count). The first kappa shape index (κ1) is 7.79. The van der Waals surface area contributed by atoms with Crippen molar-refractivity contribution in [3.63, 3.8) is 0 Å². The molecule has 0 amide bonds. The second-order valence-corrected chi connectivity index (χ2v) is 2.24. The number of allylic oxidation sites excluding steroid dienone is 1. The third kappa shape index (κ3) is 2.42. The van der Waals surface area contributed by atoms with E-state index >= 15 is 0 Å². The summed E-state index contributed by atoms with van der Waals surface area (Å²) in [7, 11) is 0. The molecule has 1 aromatic carbocycles. The fourth-order valence-electron chi connectivity index (χ4n) is 0.837.